The minimum Gasteiger partial charge on any atom is -0.497 e. The van der Waals surface area contributed by atoms with E-state index in [4.69, 9.17) is 4.74 Å². The number of thioether (sulfide) groups is 1. The Morgan fingerprint density at radius 1 is 1.34 bits per heavy atom. The van der Waals surface area contributed by atoms with Gasteiger partial charge in [-0.1, -0.05) is 0 Å². The SMILES string of the molecule is COc1ccc2nccc(C(O)CN3CCC(NCc4ccc5c(n4)NC(=O)CS5)C(F)C3)c2c1. The predicted octanol–water partition coefficient (Wildman–Crippen LogP) is 2.92. The van der Waals surface area contributed by atoms with Crippen molar-refractivity contribution in [3.05, 3.63) is 53.9 Å². The lowest BCUT2D eigenvalue weighted by atomic mass is 10.00. The van der Waals surface area contributed by atoms with Crippen LogP contribution < -0.4 is 15.4 Å². The van der Waals surface area contributed by atoms with E-state index in [2.05, 4.69) is 20.6 Å². The fourth-order valence-corrected chi connectivity index (χ4v) is 5.37. The first-order valence-electron chi connectivity index (χ1n) is 11.6. The number of amides is 1. The minimum absolute atomic E-state index is 0.0580. The molecule has 0 aliphatic carbocycles. The summed E-state index contributed by atoms with van der Waals surface area (Å²) in [5.41, 5.74) is 2.30. The van der Waals surface area contributed by atoms with Gasteiger partial charge >= 0.3 is 0 Å². The van der Waals surface area contributed by atoms with Crippen molar-refractivity contribution in [2.45, 2.75) is 36.2 Å². The maximum absolute atomic E-state index is 15.0. The van der Waals surface area contributed by atoms with Gasteiger partial charge in [0.05, 0.1) is 35.1 Å². The van der Waals surface area contributed by atoms with Crippen molar-refractivity contribution in [2.75, 3.05) is 37.8 Å². The lowest BCUT2D eigenvalue weighted by Crippen LogP contribution is -2.51. The first-order chi connectivity index (χ1) is 17.0. The lowest BCUT2D eigenvalue weighted by molar-refractivity contribution is -0.113. The number of methoxy groups -OCH3 is 1. The van der Waals surface area contributed by atoms with E-state index in [1.54, 1.807) is 19.4 Å². The van der Waals surface area contributed by atoms with Gasteiger partial charge in [0.2, 0.25) is 5.91 Å². The number of benzene rings is 1. The van der Waals surface area contributed by atoms with E-state index in [1.165, 1.54) is 11.8 Å². The molecule has 1 saturated heterocycles. The fraction of sp³-hybridized carbons (Fsp3) is 0.400. The molecule has 1 aromatic carbocycles. The number of aliphatic hydroxyl groups excluding tert-OH is 1. The lowest BCUT2D eigenvalue weighted by Gasteiger charge is -2.36. The zero-order valence-corrected chi connectivity index (χ0v) is 20.2. The molecule has 3 aromatic rings. The topological polar surface area (TPSA) is 99.6 Å². The van der Waals surface area contributed by atoms with Gasteiger partial charge in [-0.3, -0.25) is 14.7 Å². The highest BCUT2D eigenvalue weighted by molar-refractivity contribution is 8.00. The summed E-state index contributed by atoms with van der Waals surface area (Å²) in [7, 11) is 1.60. The molecule has 5 rings (SSSR count). The molecule has 3 unspecified atom stereocenters. The van der Waals surface area contributed by atoms with Gasteiger partial charge in [0.25, 0.3) is 0 Å². The molecule has 0 bridgehead atoms. The summed E-state index contributed by atoms with van der Waals surface area (Å²) in [5, 5.41) is 17.9. The van der Waals surface area contributed by atoms with Gasteiger partial charge in [-0.2, -0.15) is 0 Å². The second-order valence-electron chi connectivity index (χ2n) is 8.84. The first-order valence-corrected chi connectivity index (χ1v) is 12.6. The zero-order valence-electron chi connectivity index (χ0n) is 19.4. The highest BCUT2D eigenvalue weighted by atomic mass is 32.2. The van der Waals surface area contributed by atoms with Crippen LogP contribution in [0.2, 0.25) is 0 Å². The molecule has 0 spiro atoms. The Hall–Kier alpha value is -2.79. The standard InChI is InChI=1S/C25H28FN5O3S/c1-34-16-3-4-20-18(10-16)17(6-8-27-20)22(32)13-31-9-7-21(19(26)12-31)28-11-15-2-5-23-25(29-15)30-24(33)14-35-23/h2-6,8,10,19,21-22,28,32H,7,9,11-14H2,1H3,(H,29,30,33). The van der Waals surface area contributed by atoms with Gasteiger partial charge in [0.15, 0.2) is 0 Å². The Labute approximate surface area is 207 Å². The molecule has 0 saturated carbocycles. The number of β-amino-alcohol motifs (C(OH)–C–C–N with tert-alkyl or cyclic N) is 1. The molecule has 2 aliphatic heterocycles. The number of nitrogens with zero attached hydrogens (tertiary/aromatic N) is 3. The molecule has 1 amide bonds. The maximum Gasteiger partial charge on any atom is 0.235 e. The van der Waals surface area contributed by atoms with Gasteiger partial charge in [-0.15, -0.1) is 11.8 Å². The van der Waals surface area contributed by atoms with E-state index in [-0.39, 0.29) is 18.5 Å². The van der Waals surface area contributed by atoms with Crippen LogP contribution in [0.1, 0.15) is 23.8 Å². The van der Waals surface area contributed by atoms with Crippen molar-refractivity contribution >= 4 is 34.4 Å². The van der Waals surface area contributed by atoms with Crippen molar-refractivity contribution < 1.29 is 19.0 Å². The summed E-state index contributed by atoms with van der Waals surface area (Å²) >= 11 is 1.47. The number of halogens is 1. The van der Waals surface area contributed by atoms with Crippen LogP contribution in [0, 0.1) is 0 Å². The van der Waals surface area contributed by atoms with Crippen LogP contribution in [0.3, 0.4) is 0 Å². The van der Waals surface area contributed by atoms with Crippen molar-refractivity contribution in [3.63, 3.8) is 0 Å². The normalized spacial score (nSPS) is 21.4. The molecule has 4 heterocycles. The average Bonchev–Trinajstić information content (AvgIpc) is 2.87. The van der Waals surface area contributed by atoms with Gasteiger partial charge in [0.1, 0.15) is 17.7 Å². The summed E-state index contributed by atoms with van der Waals surface area (Å²) in [4.78, 5) is 23.4. The van der Waals surface area contributed by atoms with Gasteiger partial charge in [-0.05, 0) is 54.9 Å². The summed E-state index contributed by atoms with van der Waals surface area (Å²) in [6.07, 6.45) is 0.464. The number of piperidine rings is 1. The van der Waals surface area contributed by atoms with Crippen molar-refractivity contribution in [1.29, 1.82) is 0 Å². The molecular formula is C25H28FN5O3S. The third kappa shape index (κ3) is 5.40. The molecule has 8 nitrogen and oxygen atoms in total. The van der Waals surface area contributed by atoms with Crippen LogP contribution in [0.5, 0.6) is 5.75 Å². The van der Waals surface area contributed by atoms with E-state index in [0.29, 0.717) is 43.4 Å². The van der Waals surface area contributed by atoms with Crippen LogP contribution in [-0.2, 0) is 11.3 Å². The number of fused-ring (bicyclic) bond motifs is 2. The van der Waals surface area contributed by atoms with Crippen molar-refractivity contribution in [1.82, 2.24) is 20.2 Å². The number of hydrogen-bond donors (Lipinski definition) is 3. The zero-order chi connectivity index (χ0) is 24.4. The van der Waals surface area contributed by atoms with Crippen LogP contribution in [0.25, 0.3) is 10.9 Å². The highest BCUT2D eigenvalue weighted by Crippen LogP contribution is 2.30. The number of anilines is 1. The largest absolute Gasteiger partial charge is 0.497 e. The van der Waals surface area contributed by atoms with E-state index < -0.39 is 12.3 Å². The Bertz CT molecular complexity index is 1230. The van der Waals surface area contributed by atoms with Crippen LogP contribution in [-0.4, -0.2) is 70.6 Å². The Balaban J connectivity index is 1.17. The van der Waals surface area contributed by atoms with Crippen LogP contribution in [0.15, 0.2) is 47.5 Å². The number of ether oxygens (including phenoxy) is 1. The molecule has 2 aromatic heterocycles. The number of rotatable bonds is 7. The predicted molar refractivity (Wildman–Crippen MR) is 133 cm³/mol. The molecule has 184 valence electrons. The molecule has 0 radical (unpaired) electrons. The van der Waals surface area contributed by atoms with E-state index in [1.807, 2.05) is 35.2 Å². The third-order valence-electron chi connectivity index (χ3n) is 6.48. The molecule has 35 heavy (non-hydrogen) atoms. The van der Waals surface area contributed by atoms with E-state index in [9.17, 15) is 9.90 Å². The highest BCUT2D eigenvalue weighted by Gasteiger charge is 2.30. The molecular weight excluding hydrogens is 469 g/mol. The quantitative estimate of drug-likeness (QED) is 0.458. The minimum atomic E-state index is -1.07. The van der Waals surface area contributed by atoms with Gasteiger partial charge in [0, 0.05) is 37.3 Å². The number of carbonyl (C=O) groups is 1. The Morgan fingerprint density at radius 2 is 2.23 bits per heavy atom. The number of hydrogen-bond acceptors (Lipinski definition) is 8. The maximum atomic E-state index is 15.0. The van der Waals surface area contributed by atoms with E-state index in [0.717, 1.165) is 27.1 Å². The van der Waals surface area contributed by atoms with Gasteiger partial charge < -0.3 is 20.5 Å². The fourth-order valence-electron chi connectivity index (χ4n) is 4.61. The van der Waals surface area contributed by atoms with Crippen molar-refractivity contribution in [3.8, 4) is 5.75 Å². The Morgan fingerprint density at radius 3 is 3.06 bits per heavy atom. The smallest absolute Gasteiger partial charge is 0.235 e. The molecule has 1 fully saturated rings. The first kappa shape index (κ1) is 23.9. The third-order valence-corrected chi connectivity index (χ3v) is 7.52. The Kier molecular flexibility index (Phi) is 7.14. The summed E-state index contributed by atoms with van der Waals surface area (Å²) in [5.74, 6) is 1.61. The summed E-state index contributed by atoms with van der Waals surface area (Å²) < 4.78 is 20.4. The molecule has 2 aliphatic rings. The average molecular weight is 498 g/mol. The van der Waals surface area contributed by atoms with Gasteiger partial charge in [-0.25, -0.2) is 9.37 Å². The molecule has 3 N–H and O–H groups in total. The van der Waals surface area contributed by atoms with Crippen molar-refractivity contribution in [2.24, 2.45) is 0 Å². The number of alkyl halides is 1. The number of aliphatic hydroxyl groups is 1. The molecule has 3 atom stereocenters. The number of nitrogens with one attached hydrogen (secondary N) is 2. The second-order valence-corrected chi connectivity index (χ2v) is 9.85. The van der Waals surface area contributed by atoms with Crippen LogP contribution in [0.4, 0.5) is 10.2 Å². The molecule has 10 heteroatoms. The second kappa shape index (κ2) is 10.4. The monoisotopic (exact) mass is 497 g/mol. The summed E-state index contributed by atoms with van der Waals surface area (Å²) in [6, 6.07) is 10.9. The van der Waals surface area contributed by atoms with E-state index >= 15 is 4.39 Å². The summed E-state index contributed by atoms with van der Waals surface area (Å²) in [6.45, 7) is 1.68. The number of carbonyl (C=O) groups excluding carboxylic acids is 1. The number of likely N-dealkylation sites (tertiary alicyclic amines) is 1. The number of aromatic nitrogens is 2. The van der Waals surface area contributed by atoms with Crippen LogP contribution >= 0.6 is 11.8 Å². The number of pyridine rings is 2.